The van der Waals surface area contributed by atoms with Gasteiger partial charge in [-0.2, -0.15) is 13.2 Å². The Morgan fingerprint density at radius 3 is 2.68 bits per heavy atom. The number of benzene rings is 2. The van der Waals surface area contributed by atoms with Crippen molar-refractivity contribution in [2.24, 2.45) is 0 Å². The molecule has 2 aromatic rings. The number of nitrogens with zero attached hydrogens (tertiary/aromatic N) is 1. The van der Waals surface area contributed by atoms with Crippen LogP contribution < -0.4 is 15.0 Å². The van der Waals surface area contributed by atoms with Gasteiger partial charge in [-0.25, -0.2) is 8.42 Å². The van der Waals surface area contributed by atoms with Crippen LogP contribution in [-0.4, -0.2) is 47.0 Å². The summed E-state index contributed by atoms with van der Waals surface area (Å²) in [6, 6.07) is 7.14. The Morgan fingerprint density at radius 2 is 1.97 bits per heavy atom. The van der Waals surface area contributed by atoms with Crippen LogP contribution >= 0.6 is 12.4 Å². The first-order valence-corrected chi connectivity index (χ1v) is 11.5. The van der Waals surface area contributed by atoms with Gasteiger partial charge in [0.05, 0.1) is 29.0 Å². The third kappa shape index (κ3) is 3.47. The quantitative estimate of drug-likeness (QED) is 0.716. The highest BCUT2D eigenvalue weighted by molar-refractivity contribution is 7.91. The van der Waals surface area contributed by atoms with E-state index in [2.05, 4.69) is 10.2 Å². The lowest BCUT2D eigenvalue weighted by Gasteiger charge is -2.36. The Morgan fingerprint density at radius 1 is 1.19 bits per heavy atom. The Hall–Kier alpha value is -1.97. The number of hydrogen-bond acceptors (Lipinski definition) is 5. The van der Waals surface area contributed by atoms with Crippen molar-refractivity contribution in [3.8, 4) is 16.9 Å². The minimum Gasteiger partial charge on any atom is -0.497 e. The summed E-state index contributed by atoms with van der Waals surface area (Å²) in [6.45, 7) is 1.96. The highest BCUT2D eigenvalue weighted by Gasteiger charge is 2.46. The maximum Gasteiger partial charge on any atom is 0.417 e. The molecule has 5 nitrogen and oxygen atoms in total. The molecule has 3 heterocycles. The molecule has 5 rings (SSSR count). The first-order valence-electron chi connectivity index (χ1n) is 9.84. The van der Waals surface area contributed by atoms with Crippen LogP contribution in [0.4, 0.5) is 18.9 Å². The fourth-order valence-corrected chi connectivity index (χ4v) is 6.55. The number of alkyl halides is 3. The lowest BCUT2D eigenvalue weighted by Crippen LogP contribution is -2.46. The fourth-order valence-electron chi connectivity index (χ4n) is 5.06. The number of anilines is 1. The van der Waals surface area contributed by atoms with Crippen molar-refractivity contribution < 1.29 is 26.3 Å². The smallest absolute Gasteiger partial charge is 0.417 e. The maximum absolute atomic E-state index is 13.8. The van der Waals surface area contributed by atoms with E-state index in [9.17, 15) is 21.6 Å². The monoisotopic (exact) mass is 474 g/mol. The fraction of sp³-hybridized carbons (Fsp3) is 0.429. The summed E-state index contributed by atoms with van der Waals surface area (Å²) in [5.74, 6) is 0.145. The number of nitrogens with one attached hydrogen (secondary N) is 1. The van der Waals surface area contributed by atoms with Gasteiger partial charge in [0.15, 0.2) is 9.84 Å². The molecule has 3 aliphatic rings. The lowest BCUT2D eigenvalue weighted by molar-refractivity contribution is -0.137. The van der Waals surface area contributed by atoms with E-state index in [1.165, 1.54) is 25.3 Å². The van der Waals surface area contributed by atoms with E-state index in [-0.39, 0.29) is 51.9 Å². The van der Waals surface area contributed by atoms with Gasteiger partial charge in [0, 0.05) is 25.0 Å². The molecule has 1 saturated heterocycles. The summed E-state index contributed by atoms with van der Waals surface area (Å²) < 4.78 is 72.2. The van der Waals surface area contributed by atoms with Gasteiger partial charge >= 0.3 is 6.18 Å². The molecule has 3 aliphatic heterocycles. The third-order valence-corrected chi connectivity index (χ3v) is 8.12. The molecule has 1 fully saturated rings. The third-order valence-electron chi connectivity index (χ3n) is 6.42. The van der Waals surface area contributed by atoms with Crippen molar-refractivity contribution in [2.75, 3.05) is 37.4 Å². The summed E-state index contributed by atoms with van der Waals surface area (Å²) in [4.78, 5) is 2.30. The number of halogens is 4. The molecular weight excluding hydrogens is 453 g/mol. The molecule has 1 N–H and O–H groups in total. The van der Waals surface area contributed by atoms with Gasteiger partial charge in [0.1, 0.15) is 5.75 Å². The predicted octanol–water partition coefficient (Wildman–Crippen LogP) is 3.86. The topological polar surface area (TPSA) is 58.6 Å². The second kappa shape index (κ2) is 7.56. The van der Waals surface area contributed by atoms with Crippen molar-refractivity contribution in [3.05, 3.63) is 41.5 Å². The zero-order chi connectivity index (χ0) is 21.3. The Labute approximate surface area is 184 Å². The van der Waals surface area contributed by atoms with Crippen LogP contribution in [0.1, 0.15) is 23.5 Å². The van der Waals surface area contributed by atoms with Gasteiger partial charge < -0.3 is 15.0 Å². The van der Waals surface area contributed by atoms with Crippen LogP contribution in [0.25, 0.3) is 11.1 Å². The van der Waals surface area contributed by atoms with E-state index in [1.54, 1.807) is 6.07 Å². The zero-order valence-electron chi connectivity index (χ0n) is 16.7. The van der Waals surface area contributed by atoms with Crippen molar-refractivity contribution in [1.29, 1.82) is 0 Å². The van der Waals surface area contributed by atoms with E-state index >= 15 is 0 Å². The largest absolute Gasteiger partial charge is 0.497 e. The molecule has 0 unspecified atom stereocenters. The molecule has 0 spiro atoms. The normalized spacial score (nSPS) is 23.5. The summed E-state index contributed by atoms with van der Waals surface area (Å²) in [6.07, 6.45) is -3.72. The number of ether oxygens (including phenoxy) is 1. The van der Waals surface area contributed by atoms with Crippen LogP contribution in [0.3, 0.4) is 0 Å². The van der Waals surface area contributed by atoms with Gasteiger partial charge in [-0.3, -0.25) is 0 Å². The second-order valence-corrected chi connectivity index (χ2v) is 10.1. The standard InChI is InChI=1S/C21H21F3N2O3S.ClH/c1-29-13-2-3-14(17(10-13)21(22,23)24)12-8-15-16-11-25-5-4-18(16)26-6-7-30(27,28)19(9-12)20(15)26;/h2-3,8-10,16,18,25H,4-7,11H2,1H3;1H/t16-,18-;/m0./s1. The lowest BCUT2D eigenvalue weighted by atomic mass is 9.88. The van der Waals surface area contributed by atoms with Crippen LogP contribution in [0.5, 0.6) is 5.75 Å². The SMILES string of the molecule is COc1ccc(-c2cc3c4c(c2)S(=O)(=O)CCN4[C@H]2CCNC[C@@H]32)c(C(F)(F)F)c1.Cl. The zero-order valence-corrected chi connectivity index (χ0v) is 18.3. The van der Waals surface area contributed by atoms with Gasteiger partial charge in [-0.1, -0.05) is 6.07 Å². The summed E-state index contributed by atoms with van der Waals surface area (Å²) >= 11 is 0. The molecule has 0 aromatic heterocycles. The first kappa shape index (κ1) is 22.2. The molecule has 0 aliphatic carbocycles. The van der Waals surface area contributed by atoms with Crippen LogP contribution in [0.15, 0.2) is 35.2 Å². The molecule has 0 radical (unpaired) electrons. The van der Waals surface area contributed by atoms with Gasteiger partial charge in [0.25, 0.3) is 0 Å². The van der Waals surface area contributed by atoms with E-state index < -0.39 is 21.6 Å². The van der Waals surface area contributed by atoms with Gasteiger partial charge in [0.2, 0.25) is 0 Å². The van der Waals surface area contributed by atoms with E-state index in [1.807, 2.05) is 0 Å². The van der Waals surface area contributed by atoms with Crippen molar-refractivity contribution in [2.45, 2.75) is 29.5 Å². The Kier molecular flexibility index (Phi) is 5.43. The summed E-state index contributed by atoms with van der Waals surface area (Å²) in [7, 11) is -2.25. The summed E-state index contributed by atoms with van der Waals surface area (Å²) in [5, 5.41) is 3.34. The summed E-state index contributed by atoms with van der Waals surface area (Å²) in [5.41, 5.74) is 0.908. The van der Waals surface area contributed by atoms with E-state index in [0.717, 1.165) is 24.6 Å². The predicted molar refractivity (Wildman–Crippen MR) is 114 cm³/mol. The van der Waals surface area contributed by atoms with Crippen LogP contribution in [0, 0.1) is 0 Å². The van der Waals surface area contributed by atoms with Crippen molar-refractivity contribution in [1.82, 2.24) is 5.32 Å². The molecule has 2 aromatic carbocycles. The first-order chi connectivity index (χ1) is 14.2. The molecule has 0 amide bonds. The van der Waals surface area contributed by atoms with Crippen LogP contribution in [-0.2, 0) is 16.0 Å². The second-order valence-electron chi connectivity index (χ2n) is 8.00. The number of sulfone groups is 1. The maximum atomic E-state index is 13.8. The number of rotatable bonds is 2. The van der Waals surface area contributed by atoms with Crippen LogP contribution in [0.2, 0.25) is 0 Å². The molecular formula is C21H22ClF3N2O3S. The number of hydrogen-bond donors (Lipinski definition) is 1. The number of methoxy groups -OCH3 is 1. The van der Waals surface area contributed by atoms with Gasteiger partial charge in [-0.05, 0) is 53.9 Å². The Balaban J connectivity index is 0.00000231. The van der Waals surface area contributed by atoms with E-state index in [4.69, 9.17) is 4.74 Å². The van der Waals surface area contributed by atoms with Crippen molar-refractivity contribution in [3.63, 3.8) is 0 Å². The average Bonchev–Trinajstić information content (AvgIpc) is 3.04. The number of piperidine rings is 1. The van der Waals surface area contributed by atoms with Crippen molar-refractivity contribution >= 4 is 27.9 Å². The minimum atomic E-state index is -4.60. The molecule has 168 valence electrons. The molecule has 0 saturated carbocycles. The minimum absolute atomic E-state index is 0. The average molecular weight is 475 g/mol. The van der Waals surface area contributed by atoms with E-state index in [0.29, 0.717) is 18.8 Å². The highest BCUT2D eigenvalue weighted by Crippen LogP contribution is 2.51. The molecule has 10 heteroatoms. The molecule has 2 atom stereocenters. The Bertz CT molecular complexity index is 1140. The highest BCUT2D eigenvalue weighted by atomic mass is 35.5. The van der Waals surface area contributed by atoms with Gasteiger partial charge in [-0.15, -0.1) is 12.4 Å². The molecule has 0 bridgehead atoms. The number of fused-ring (bicyclic) bond motifs is 3. The molecule has 31 heavy (non-hydrogen) atoms.